The van der Waals surface area contributed by atoms with E-state index in [2.05, 4.69) is 37.3 Å². The van der Waals surface area contributed by atoms with Gasteiger partial charge in [-0.25, -0.2) is 0 Å². The summed E-state index contributed by atoms with van der Waals surface area (Å²) in [5.41, 5.74) is 5.16. The molecule has 1 amide bonds. The smallest absolute Gasteiger partial charge is 0.228 e. The van der Waals surface area contributed by atoms with E-state index in [0.717, 1.165) is 35.6 Å². The molecule has 0 spiro atoms. The Morgan fingerprint density at radius 3 is 2.70 bits per heavy atom. The second-order valence-electron chi connectivity index (χ2n) is 6.50. The van der Waals surface area contributed by atoms with Crippen molar-refractivity contribution < 1.29 is 4.79 Å². The molecule has 124 valence electrons. The third-order valence-corrected chi connectivity index (χ3v) is 4.03. The van der Waals surface area contributed by atoms with Crippen molar-refractivity contribution >= 4 is 11.6 Å². The summed E-state index contributed by atoms with van der Waals surface area (Å²) in [5.74, 6) is 0.542. The lowest BCUT2D eigenvalue weighted by atomic mass is 10.1. The zero-order chi connectivity index (χ0) is 17.0. The lowest BCUT2D eigenvalue weighted by Gasteiger charge is -2.09. The molecular formula is C19H27N3O. The number of aryl methyl sites for hydroxylation is 2. The first-order valence-corrected chi connectivity index (χ1v) is 8.32. The van der Waals surface area contributed by atoms with Crippen molar-refractivity contribution in [2.45, 2.75) is 54.0 Å². The number of benzene rings is 1. The number of carbonyl (C=O) groups is 1. The van der Waals surface area contributed by atoms with E-state index in [0.29, 0.717) is 12.3 Å². The Balaban J connectivity index is 2.09. The van der Waals surface area contributed by atoms with E-state index in [9.17, 15) is 4.79 Å². The number of amides is 1. The van der Waals surface area contributed by atoms with E-state index >= 15 is 0 Å². The zero-order valence-electron chi connectivity index (χ0n) is 14.8. The third kappa shape index (κ3) is 4.44. The highest BCUT2D eigenvalue weighted by Crippen LogP contribution is 2.17. The molecule has 2 rings (SSSR count). The van der Waals surface area contributed by atoms with Crippen LogP contribution in [0.25, 0.3) is 0 Å². The molecule has 23 heavy (non-hydrogen) atoms. The number of nitrogens with one attached hydrogen (secondary N) is 1. The predicted octanol–water partition coefficient (Wildman–Crippen LogP) is 3.90. The topological polar surface area (TPSA) is 46.9 Å². The molecule has 0 fully saturated rings. The van der Waals surface area contributed by atoms with E-state index in [1.165, 1.54) is 5.56 Å². The van der Waals surface area contributed by atoms with Crippen molar-refractivity contribution in [3.05, 3.63) is 46.8 Å². The molecule has 0 aliphatic heterocycles. The van der Waals surface area contributed by atoms with Crippen LogP contribution in [-0.4, -0.2) is 15.7 Å². The van der Waals surface area contributed by atoms with Crippen LogP contribution in [0.3, 0.4) is 0 Å². The molecule has 0 saturated heterocycles. The molecule has 4 heteroatoms. The summed E-state index contributed by atoms with van der Waals surface area (Å²) in [6.07, 6.45) is 1.33. The third-order valence-electron chi connectivity index (χ3n) is 4.03. The number of hydrogen-bond donors (Lipinski definition) is 1. The number of rotatable bonds is 6. The molecule has 0 unspecified atom stereocenters. The van der Waals surface area contributed by atoms with Crippen molar-refractivity contribution in [1.82, 2.24) is 9.78 Å². The van der Waals surface area contributed by atoms with Crippen molar-refractivity contribution in [3.8, 4) is 0 Å². The van der Waals surface area contributed by atoms with Crippen molar-refractivity contribution in [3.63, 3.8) is 0 Å². The summed E-state index contributed by atoms with van der Waals surface area (Å²) in [6, 6.07) is 8.00. The van der Waals surface area contributed by atoms with Crippen LogP contribution in [0.2, 0.25) is 0 Å². The minimum absolute atomic E-state index is 0.00792. The van der Waals surface area contributed by atoms with Gasteiger partial charge in [-0.05, 0) is 43.9 Å². The van der Waals surface area contributed by atoms with Crippen LogP contribution in [0.5, 0.6) is 0 Å². The largest absolute Gasteiger partial charge is 0.326 e. The Hall–Kier alpha value is -2.10. The Kier molecular flexibility index (Phi) is 5.59. The van der Waals surface area contributed by atoms with Crippen LogP contribution in [0.15, 0.2) is 24.3 Å². The minimum atomic E-state index is 0.00792. The zero-order valence-corrected chi connectivity index (χ0v) is 14.8. The van der Waals surface area contributed by atoms with Gasteiger partial charge in [0.2, 0.25) is 5.91 Å². The maximum Gasteiger partial charge on any atom is 0.228 e. The van der Waals surface area contributed by atoms with Gasteiger partial charge in [0.15, 0.2) is 0 Å². The number of anilines is 1. The summed E-state index contributed by atoms with van der Waals surface area (Å²) >= 11 is 0. The molecule has 1 aromatic carbocycles. The Labute approximate surface area is 138 Å². The molecule has 0 aliphatic carbocycles. The molecule has 0 atom stereocenters. The van der Waals surface area contributed by atoms with E-state index in [-0.39, 0.29) is 5.91 Å². The van der Waals surface area contributed by atoms with E-state index < -0.39 is 0 Å². The van der Waals surface area contributed by atoms with Gasteiger partial charge >= 0.3 is 0 Å². The van der Waals surface area contributed by atoms with Crippen molar-refractivity contribution in [2.24, 2.45) is 5.92 Å². The fourth-order valence-electron chi connectivity index (χ4n) is 2.75. The maximum atomic E-state index is 12.4. The fourth-order valence-corrected chi connectivity index (χ4v) is 2.75. The highest BCUT2D eigenvalue weighted by Gasteiger charge is 2.15. The number of hydrogen-bond acceptors (Lipinski definition) is 2. The van der Waals surface area contributed by atoms with Gasteiger partial charge in [0.25, 0.3) is 0 Å². The van der Waals surface area contributed by atoms with Crippen LogP contribution in [0.4, 0.5) is 5.69 Å². The normalized spacial score (nSPS) is 11.0. The minimum Gasteiger partial charge on any atom is -0.326 e. The molecular weight excluding hydrogens is 286 g/mol. The highest BCUT2D eigenvalue weighted by atomic mass is 16.1. The van der Waals surface area contributed by atoms with Crippen LogP contribution in [0.1, 0.15) is 43.3 Å². The second-order valence-corrected chi connectivity index (χ2v) is 6.50. The average molecular weight is 313 g/mol. The second kappa shape index (κ2) is 7.44. The van der Waals surface area contributed by atoms with Gasteiger partial charge in [-0.2, -0.15) is 5.10 Å². The molecule has 0 radical (unpaired) electrons. The Morgan fingerprint density at radius 1 is 1.30 bits per heavy atom. The molecule has 1 aromatic heterocycles. The van der Waals surface area contributed by atoms with Crippen LogP contribution < -0.4 is 5.32 Å². The van der Waals surface area contributed by atoms with Crippen molar-refractivity contribution in [2.75, 3.05) is 5.32 Å². The highest BCUT2D eigenvalue weighted by molar-refractivity contribution is 5.92. The molecule has 0 aliphatic rings. The number of carbonyl (C=O) groups excluding carboxylic acids is 1. The van der Waals surface area contributed by atoms with Crippen LogP contribution >= 0.6 is 0 Å². The SMILES string of the molecule is CCc1cccc(NC(=O)Cc2c(C)nn(CC(C)C)c2C)c1. The maximum absolute atomic E-state index is 12.4. The summed E-state index contributed by atoms with van der Waals surface area (Å²) in [4.78, 5) is 12.4. The first-order valence-electron chi connectivity index (χ1n) is 8.32. The summed E-state index contributed by atoms with van der Waals surface area (Å²) < 4.78 is 2.01. The summed E-state index contributed by atoms with van der Waals surface area (Å²) in [5, 5.41) is 7.57. The van der Waals surface area contributed by atoms with Gasteiger partial charge in [0, 0.05) is 23.5 Å². The monoisotopic (exact) mass is 313 g/mol. The number of nitrogens with zero attached hydrogens (tertiary/aromatic N) is 2. The molecule has 0 saturated carbocycles. The quantitative estimate of drug-likeness (QED) is 0.879. The standard InChI is InChI=1S/C19H27N3O/c1-6-16-8-7-9-17(10-16)20-19(23)11-18-14(4)21-22(15(18)5)12-13(2)3/h7-10,13H,6,11-12H2,1-5H3,(H,20,23). The molecule has 1 heterocycles. The molecule has 0 bridgehead atoms. The lowest BCUT2D eigenvalue weighted by molar-refractivity contribution is -0.115. The summed E-state index contributed by atoms with van der Waals surface area (Å²) in [7, 11) is 0. The van der Waals surface area contributed by atoms with E-state index in [4.69, 9.17) is 0 Å². The summed E-state index contributed by atoms with van der Waals surface area (Å²) in [6.45, 7) is 11.4. The molecule has 1 N–H and O–H groups in total. The van der Waals surface area contributed by atoms with Gasteiger partial charge in [-0.1, -0.05) is 32.9 Å². The van der Waals surface area contributed by atoms with Gasteiger partial charge in [-0.15, -0.1) is 0 Å². The first-order chi connectivity index (χ1) is 10.9. The van der Waals surface area contributed by atoms with Gasteiger partial charge in [0.1, 0.15) is 0 Å². The van der Waals surface area contributed by atoms with Crippen LogP contribution in [-0.2, 0) is 24.2 Å². The van der Waals surface area contributed by atoms with E-state index in [1.807, 2.05) is 36.7 Å². The van der Waals surface area contributed by atoms with Crippen molar-refractivity contribution in [1.29, 1.82) is 0 Å². The van der Waals surface area contributed by atoms with Gasteiger partial charge < -0.3 is 5.32 Å². The fraction of sp³-hybridized carbons (Fsp3) is 0.474. The molecule has 2 aromatic rings. The van der Waals surface area contributed by atoms with E-state index in [1.54, 1.807) is 0 Å². The van der Waals surface area contributed by atoms with Gasteiger partial charge in [-0.3, -0.25) is 9.48 Å². The number of aromatic nitrogens is 2. The van der Waals surface area contributed by atoms with Crippen LogP contribution in [0, 0.1) is 19.8 Å². The average Bonchev–Trinajstić information content (AvgIpc) is 2.74. The predicted molar refractivity (Wildman–Crippen MR) is 94.7 cm³/mol. The van der Waals surface area contributed by atoms with Gasteiger partial charge in [0.05, 0.1) is 12.1 Å². The first kappa shape index (κ1) is 17.3. The molecule has 4 nitrogen and oxygen atoms in total. The Morgan fingerprint density at radius 2 is 2.04 bits per heavy atom. The lowest BCUT2D eigenvalue weighted by Crippen LogP contribution is -2.15. The Bertz CT molecular complexity index is 686.